The van der Waals surface area contributed by atoms with Crippen LogP contribution >= 0.6 is 0 Å². The van der Waals surface area contributed by atoms with Gasteiger partial charge in [-0.3, -0.25) is 4.79 Å². The van der Waals surface area contributed by atoms with Crippen LogP contribution in [0.5, 0.6) is 5.75 Å². The molecule has 30 heavy (non-hydrogen) atoms. The Morgan fingerprint density at radius 3 is 2.17 bits per heavy atom. The van der Waals surface area contributed by atoms with Crippen LogP contribution in [0, 0.1) is 13.8 Å². The van der Waals surface area contributed by atoms with Crippen molar-refractivity contribution in [2.45, 2.75) is 46.0 Å². The molecule has 0 spiro atoms. The molecule has 6 heteroatoms. The van der Waals surface area contributed by atoms with Crippen LogP contribution in [0.2, 0.25) is 0 Å². The van der Waals surface area contributed by atoms with Crippen LogP contribution in [0.4, 0.5) is 16.2 Å². The zero-order valence-electron chi connectivity index (χ0n) is 17.9. The number of amides is 3. The number of carbonyl (C=O) groups excluding carboxylic acids is 2. The second-order valence-electron chi connectivity index (χ2n) is 7.82. The van der Waals surface area contributed by atoms with E-state index in [-0.39, 0.29) is 18.4 Å². The Balaban J connectivity index is 1.43. The second kappa shape index (κ2) is 10.7. The van der Waals surface area contributed by atoms with E-state index in [1.165, 1.54) is 18.4 Å². The monoisotopic (exact) mass is 409 g/mol. The minimum atomic E-state index is -0.110. The quantitative estimate of drug-likeness (QED) is 0.696. The SMILES string of the molecule is Cc1ccc(OCCC(=O)Nc2ccc(NC(=O)N3CCCCCC3)cc2)c(C)c1. The predicted octanol–water partition coefficient (Wildman–Crippen LogP) is 5.12. The van der Waals surface area contributed by atoms with Gasteiger partial charge in [0.2, 0.25) is 5.91 Å². The number of hydrogen-bond donors (Lipinski definition) is 2. The Hall–Kier alpha value is -3.02. The summed E-state index contributed by atoms with van der Waals surface area (Å²) in [5.74, 6) is 0.694. The first-order valence-electron chi connectivity index (χ1n) is 10.7. The fraction of sp³-hybridized carbons (Fsp3) is 0.417. The van der Waals surface area contributed by atoms with E-state index < -0.39 is 0 Å². The summed E-state index contributed by atoms with van der Waals surface area (Å²) >= 11 is 0. The number of urea groups is 1. The first kappa shape index (κ1) is 21.7. The van der Waals surface area contributed by atoms with E-state index in [9.17, 15) is 9.59 Å². The molecule has 0 saturated carbocycles. The molecule has 2 N–H and O–H groups in total. The maximum Gasteiger partial charge on any atom is 0.321 e. The van der Waals surface area contributed by atoms with Crippen molar-refractivity contribution in [2.75, 3.05) is 30.3 Å². The summed E-state index contributed by atoms with van der Waals surface area (Å²) in [7, 11) is 0. The molecule has 6 nitrogen and oxygen atoms in total. The van der Waals surface area contributed by atoms with E-state index in [4.69, 9.17) is 4.74 Å². The Kier molecular flexibility index (Phi) is 7.71. The molecule has 1 saturated heterocycles. The molecule has 2 aromatic rings. The first-order valence-corrected chi connectivity index (χ1v) is 10.7. The third-order valence-electron chi connectivity index (χ3n) is 5.23. The lowest BCUT2D eigenvalue weighted by Crippen LogP contribution is -2.35. The summed E-state index contributed by atoms with van der Waals surface area (Å²) in [6.45, 7) is 5.97. The molecule has 0 aliphatic carbocycles. The molecule has 1 heterocycles. The largest absolute Gasteiger partial charge is 0.493 e. The zero-order valence-corrected chi connectivity index (χ0v) is 17.9. The third-order valence-corrected chi connectivity index (χ3v) is 5.23. The Morgan fingerprint density at radius 1 is 0.900 bits per heavy atom. The lowest BCUT2D eigenvalue weighted by Gasteiger charge is -2.20. The molecule has 3 amide bonds. The van der Waals surface area contributed by atoms with Crippen molar-refractivity contribution < 1.29 is 14.3 Å². The molecule has 1 aliphatic rings. The van der Waals surface area contributed by atoms with Crippen molar-refractivity contribution in [2.24, 2.45) is 0 Å². The van der Waals surface area contributed by atoms with E-state index in [1.54, 1.807) is 24.3 Å². The van der Waals surface area contributed by atoms with Crippen molar-refractivity contribution in [3.63, 3.8) is 0 Å². The van der Waals surface area contributed by atoms with E-state index in [0.29, 0.717) is 12.3 Å². The van der Waals surface area contributed by atoms with Crippen molar-refractivity contribution in [1.29, 1.82) is 0 Å². The van der Waals surface area contributed by atoms with Crippen LogP contribution < -0.4 is 15.4 Å². The fourth-order valence-electron chi connectivity index (χ4n) is 3.55. The maximum absolute atomic E-state index is 12.4. The number of nitrogens with one attached hydrogen (secondary N) is 2. The van der Waals surface area contributed by atoms with Crippen LogP contribution in [0.1, 0.15) is 43.2 Å². The summed E-state index contributed by atoms with van der Waals surface area (Å²) in [6, 6.07) is 13.1. The van der Waals surface area contributed by atoms with Gasteiger partial charge in [-0.15, -0.1) is 0 Å². The first-order chi connectivity index (χ1) is 14.5. The summed E-state index contributed by atoms with van der Waals surface area (Å²) in [5.41, 5.74) is 3.66. The van der Waals surface area contributed by atoms with Gasteiger partial charge < -0.3 is 20.3 Å². The topological polar surface area (TPSA) is 70.7 Å². The number of anilines is 2. The fourth-order valence-corrected chi connectivity index (χ4v) is 3.55. The van der Waals surface area contributed by atoms with Crippen molar-refractivity contribution in [3.8, 4) is 5.75 Å². The standard InChI is InChI=1S/C24H31N3O3/c1-18-7-12-22(19(2)17-18)30-16-13-23(28)25-20-8-10-21(11-9-20)26-24(29)27-14-5-3-4-6-15-27/h7-12,17H,3-6,13-16H2,1-2H3,(H,25,28)(H,26,29). The molecule has 2 aromatic carbocycles. The highest BCUT2D eigenvalue weighted by Crippen LogP contribution is 2.19. The van der Waals surface area contributed by atoms with Crippen LogP contribution in [0.25, 0.3) is 0 Å². The number of rotatable bonds is 6. The smallest absolute Gasteiger partial charge is 0.321 e. The van der Waals surface area contributed by atoms with Gasteiger partial charge in [0.1, 0.15) is 5.75 Å². The maximum atomic E-state index is 12.4. The molecule has 1 aliphatic heterocycles. The molecule has 1 fully saturated rings. The highest BCUT2D eigenvalue weighted by molar-refractivity contribution is 5.92. The Morgan fingerprint density at radius 2 is 1.53 bits per heavy atom. The molecule has 3 rings (SSSR count). The van der Waals surface area contributed by atoms with E-state index >= 15 is 0 Å². The normalized spacial score (nSPS) is 14.0. The minimum Gasteiger partial charge on any atom is -0.493 e. The van der Waals surface area contributed by atoms with Gasteiger partial charge in [-0.25, -0.2) is 4.79 Å². The van der Waals surface area contributed by atoms with E-state index in [1.807, 2.05) is 30.9 Å². The third kappa shape index (κ3) is 6.51. The van der Waals surface area contributed by atoms with Crippen LogP contribution in [-0.4, -0.2) is 36.5 Å². The molecular formula is C24H31N3O3. The predicted molar refractivity (Wildman–Crippen MR) is 120 cm³/mol. The molecule has 0 bridgehead atoms. The van der Waals surface area contributed by atoms with Gasteiger partial charge in [-0.2, -0.15) is 0 Å². The molecule has 0 unspecified atom stereocenters. The van der Waals surface area contributed by atoms with E-state index in [2.05, 4.69) is 16.7 Å². The Labute approximate surface area is 178 Å². The lowest BCUT2D eigenvalue weighted by atomic mass is 10.1. The number of ether oxygens (including phenoxy) is 1. The molecular weight excluding hydrogens is 378 g/mol. The average molecular weight is 410 g/mol. The van der Waals surface area contributed by atoms with Crippen molar-refractivity contribution >= 4 is 23.3 Å². The van der Waals surface area contributed by atoms with Gasteiger partial charge in [0.15, 0.2) is 0 Å². The molecule has 0 radical (unpaired) electrons. The number of carbonyl (C=O) groups is 2. The molecule has 0 atom stereocenters. The Bertz CT molecular complexity index is 856. The van der Waals surface area contributed by atoms with Crippen molar-refractivity contribution in [1.82, 2.24) is 4.90 Å². The number of benzene rings is 2. The van der Waals surface area contributed by atoms with Gasteiger partial charge in [-0.05, 0) is 62.6 Å². The molecule has 160 valence electrons. The van der Waals surface area contributed by atoms with Crippen molar-refractivity contribution in [3.05, 3.63) is 53.6 Å². The number of hydrogen-bond acceptors (Lipinski definition) is 3. The highest BCUT2D eigenvalue weighted by atomic mass is 16.5. The van der Waals surface area contributed by atoms with Gasteiger partial charge in [-0.1, -0.05) is 30.5 Å². The van der Waals surface area contributed by atoms with Gasteiger partial charge in [0.05, 0.1) is 13.0 Å². The average Bonchev–Trinajstić information content (AvgIpc) is 3.01. The van der Waals surface area contributed by atoms with Gasteiger partial charge in [0.25, 0.3) is 0 Å². The van der Waals surface area contributed by atoms with Gasteiger partial charge >= 0.3 is 6.03 Å². The highest BCUT2D eigenvalue weighted by Gasteiger charge is 2.15. The number of nitrogens with zero attached hydrogens (tertiary/aromatic N) is 1. The van der Waals surface area contributed by atoms with Crippen LogP contribution in [-0.2, 0) is 4.79 Å². The van der Waals surface area contributed by atoms with E-state index in [0.717, 1.165) is 42.9 Å². The summed E-state index contributed by atoms with van der Waals surface area (Å²) < 4.78 is 5.72. The molecule has 0 aromatic heterocycles. The minimum absolute atomic E-state index is 0.0581. The summed E-state index contributed by atoms with van der Waals surface area (Å²) in [4.78, 5) is 26.4. The zero-order chi connectivity index (χ0) is 21.3. The second-order valence-corrected chi connectivity index (χ2v) is 7.82. The summed E-state index contributed by atoms with van der Waals surface area (Å²) in [6.07, 6.45) is 4.76. The number of aryl methyl sites for hydroxylation is 2. The summed E-state index contributed by atoms with van der Waals surface area (Å²) in [5, 5.41) is 5.80. The van der Waals surface area contributed by atoms with Crippen LogP contribution in [0.15, 0.2) is 42.5 Å². The lowest BCUT2D eigenvalue weighted by molar-refractivity contribution is -0.116. The number of likely N-dealkylation sites (tertiary alicyclic amines) is 1. The van der Waals surface area contributed by atoms with Crippen LogP contribution in [0.3, 0.4) is 0 Å². The van der Waals surface area contributed by atoms with Gasteiger partial charge in [0, 0.05) is 24.5 Å².